The van der Waals surface area contributed by atoms with Gasteiger partial charge >= 0.3 is 5.97 Å². The van der Waals surface area contributed by atoms with E-state index >= 15 is 0 Å². The Labute approximate surface area is 93.3 Å². The highest BCUT2D eigenvalue weighted by molar-refractivity contribution is 5.67. The molecule has 0 bridgehead atoms. The second-order valence-electron chi connectivity index (χ2n) is 4.18. The number of anilines is 1. The van der Waals surface area contributed by atoms with Crippen LogP contribution in [0, 0.1) is 11.7 Å². The van der Waals surface area contributed by atoms with Gasteiger partial charge in [-0.3, -0.25) is 4.79 Å². The summed E-state index contributed by atoms with van der Waals surface area (Å²) in [7, 11) is 0. The van der Waals surface area contributed by atoms with Gasteiger partial charge in [-0.25, -0.2) is 4.39 Å². The summed E-state index contributed by atoms with van der Waals surface area (Å²) in [6.07, 6.45) is 1.59. The fraction of sp³-hybridized carbons (Fsp3) is 0.417. The van der Waals surface area contributed by atoms with Crippen molar-refractivity contribution in [2.45, 2.75) is 19.3 Å². The highest BCUT2D eigenvalue weighted by atomic mass is 19.1. The summed E-state index contributed by atoms with van der Waals surface area (Å²) in [5.41, 5.74) is 1.80. The molecule has 0 aliphatic carbocycles. The molecule has 1 aliphatic rings. The van der Waals surface area contributed by atoms with E-state index < -0.39 is 5.97 Å². The summed E-state index contributed by atoms with van der Waals surface area (Å²) in [6.45, 7) is 0.747. The first-order valence-corrected chi connectivity index (χ1v) is 5.39. The van der Waals surface area contributed by atoms with E-state index in [1.165, 1.54) is 12.1 Å². The zero-order valence-electron chi connectivity index (χ0n) is 8.87. The number of rotatable bonds is 2. The number of nitrogens with one attached hydrogen (secondary N) is 1. The van der Waals surface area contributed by atoms with Crippen LogP contribution >= 0.6 is 0 Å². The number of hydrogen-bond acceptors (Lipinski definition) is 2. The van der Waals surface area contributed by atoms with Gasteiger partial charge in [0.05, 0.1) is 0 Å². The fourth-order valence-electron chi connectivity index (χ4n) is 2.15. The topological polar surface area (TPSA) is 49.3 Å². The van der Waals surface area contributed by atoms with Crippen molar-refractivity contribution >= 4 is 11.7 Å². The Hall–Kier alpha value is -1.58. The molecule has 0 aromatic heterocycles. The molecule has 16 heavy (non-hydrogen) atoms. The second-order valence-corrected chi connectivity index (χ2v) is 4.18. The minimum absolute atomic E-state index is 0.0908. The van der Waals surface area contributed by atoms with E-state index in [9.17, 15) is 9.18 Å². The first kappa shape index (κ1) is 10.9. The lowest BCUT2D eigenvalue weighted by Gasteiger charge is -2.10. The van der Waals surface area contributed by atoms with Crippen molar-refractivity contribution in [2.24, 2.45) is 5.92 Å². The van der Waals surface area contributed by atoms with E-state index in [0.29, 0.717) is 6.42 Å². The number of benzene rings is 1. The lowest BCUT2D eigenvalue weighted by Crippen LogP contribution is -2.11. The van der Waals surface area contributed by atoms with E-state index in [4.69, 9.17) is 5.11 Å². The molecule has 1 heterocycles. The van der Waals surface area contributed by atoms with Crippen molar-refractivity contribution < 1.29 is 14.3 Å². The summed E-state index contributed by atoms with van der Waals surface area (Å²) in [4.78, 5) is 10.7. The van der Waals surface area contributed by atoms with Crippen molar-refractivity contribution in [2.75, 3.05) is 11.9 Å². The molecule has 1 unspecified atom stereocenters. The zero-order valence-corrected chi connectivity index (χ0v) is 8.87. The molecule has 2 N–H and O–H groups in total. The van der Waals surface area contributed by atoms with Crippen molar-refractivity contribution in [3.8, 4) is 0 Å². The van der Waals surface area contributed by atoms with Crippen LogP contribution in [0.3, 0.4) is 0 Å². The smallest absolute Gasteiger partial charge is 0.303 e. The van der Waals surface area contributed by atoms with Crippen LogP contribution in [0.2, 0.25) is 0 Å². The van der Waals surface area contributed by atoms with Crippen LogP contribution in [0.1, 0.15) is 18.4 Å². The molecule has 0 spiro atoms. The average molecular weight is 223 g/mol. The molecular weight excluding hydrogens is 209 g/mol. The molecule has 0 saturated carbocycles. The van der Waals surface area contributed by atoms with Gasteiger partial charge in [0.25, 0.3) is 0 Å². The van der Waals surface area contributed by atoms with Crippen LogP contribution in [0.25, 0.3) is 0 Å². The summed E-state index contributed by atoms with van der Waals surface area (Å²) < 4.78 is 13.1. The maximum Gasteiger partial charge on any atom is 0.303 e. The second kappa shape index (κ2) is 4.51. The van der Waals surface area contributed by atoms with Crippen LogP contribution in [0.4, 0.5) is 10.1 Å². The first-order chi connectivity index (χ1) is 7.65. The van der Waals surface area contributed by atoms with Gasteiger partial charge in [-0.05, 0) is 42.5 Å². The summed E-state index contributed by atoms with van der Waals surface area (Å²) in [6, 6.07) is 4.62. The SMILES string of the molecule is O=C(O)CC1CCNc2ccc(F)cc2C1. The van der Waals surface area contributed by atoms with Crippen LogP contribution in [0.5, 0.6) is 0 Å². The molecule has 86 valence electrons. The van der Waals surface area contributed by atoms with Crippen molar-refractivity contribution in [3.63, 3.8) is 0 Å². The molecular formula is C12H14FNO2. The molecule has 1 aromatic rings. The van der Waals surface area contributed by atoms with Crippen LogP contribution in [0.15, 0.2) is 18.2 Å². The molecule has 0 fully saturated rings. The normalized spacial score (nSPS) is 19.4. The van der Waals surface area contributed by atoms with Gasteiger partial charge in [0.15, 0.2) is 0 Å². The highest BCUT2D eigenvalue weighted by Gasteiger charge is 2.19. The Bertz CT molecular complexity index is 406. The maximum atomic E-state index is 13.1. The Morgan fingerprint density at radius 2 is 2.38 bits per heavy atom. The molecule has 0 amide bonds. The number of aliphatic carboxylic acids is 1. The number of carboxylic acids is 1. The lowest BCUT2D eigenvalue weighted by atomic mass is 9.94. The third-order valence-corrected chi connectivity index (χ3v) is 2.91. The standard InChI is InChI=1S/C12H14FNO2/c13-10-1-2-11-9(7-10)5-8(3-4-14-11)6-12(15)16/h1-2,7-8,14H,3-6H2,(H,15,16). The number of halogens is 1. The third-order valence-electron chi connectivity index (χ3n) is 2.91. The largest absolute Gasteiger partial charge is 0.481 e. The summed E-state index contributed by atoms with van der Waals surface area (Å²) in [5.74, 6) is -0.963. The van der Waals surface area contributed by atoms with Gasteiger partial charge in [-0.15, -0.1) is 0 Å². The predicted molar refractivity (Wildman–Crippen MR) is 59.0 cm³/mol. The van der Waals surface area contributed by atoms with Crippen molar-refractivity contribution in [1.29, 1.82) is 0 Å². The molecule has 3 nitrogen and oxygen atoms in total. The molecule has 0 saturated heterocycles. The quantitative estimate of drug-likeness (QED) is 0.808. The van der Waals surface area contributed by atoms with E-state index in [1.807, 2.05) is 0 Å². The van der Waals surface area contributed by atoms with Crippen LogP contribution in [-0.4, -0.2) is 17.6 Å². The fourth-order valence-corrected chi connectivity index (χ4v) is 2.15. The first-order valence-electron chi connectivity index (χ1n) is 5.39. The van der Waals surface area contributed by atoms with Gasteiger partial charge in [0, 0.05) is 18.7 Å². The Balaban J connectivity index is 2.19. The number of carboxylic acid groups (broad SMARTS) is 1. The van der Waals surface area contributed by atoms with E-state index in [1.54, 1.807) is 6.07 Å². The monoisotopic (exact) mass is 223 g/mol. The van der Waals surface area contributed by atoms with E-state index in [2.05, 4.69) is 5.32 Å². The zero-order chi connectivity index (χ0) is 11.5. The van der Waals surface area contributed by atoms with E-state index in [-0.39, 0.29) is 18.2 Å². The molecule has 1 atom stereocenters. The Morgan fingerprint density at radius 3 is 3.12 bits per heavy atom. The minimum atomic E-state index is -0.787. The van der Waals surface area contributed by atoms with Gasteiger partial charge in [-0.1, -0.05) is 0 Å². The Kier molecular flexibility index (Phi) is 3.08. The van der Waals surface area contributed by atoms with Crippen LogP contribution < -0.4 is 5.32 Å². The Morgan fingerprint density at radius 1 is 1.56 bits per heavy atom. The average Bonchev–Trinajstić information content (AvgIpc) is 2.37. The summed E-state index contributed by atoms with van der Waals surface area (Å²) >= 11 is 0. The molecule has 1 aromatic carbocycles. The van der Waals surface area contributed by atoms with Crippen LogP contribution in [-0.2, 0) is 11.2 Å². The van der Waals surface area contributed by atoms with Gasteiger partial charge in [0.2, 0.25) is 0 Å². The predicted octanol–water partition coefficient (Wildman–Crippen LogP) is 2.27. The lowest BCUT2D eigenvalue weighted by molar-refractivity contribution is -0.138. The van der Waals surface area contributed by atoms with E-state index in [0.717, 1.165) is 24.2 Å². The van der Waals surface area contributed by atoms with Crippen molar-refractivity contribution in [1.82, 2.24) is 0 Å². The number of fused-ring (bicyclic) bond motifs is 1. The molecule has 2 rings (SSSR count). The molecule has 1 aliphatic heterocycles. The maximum absolute atomic E-state index is 13.1. The van der Waals surface area contributed by atoms with Gasteiger partial charge < -0.3 is 10.4 Å². The third kappa shape index (κ3) is 2.51. The van der Waals surface area contributed by atoms with Gasteiger partial charge in [-0.2, -0.15) is 0 Å². The number of carbonyl (C=O) groups is 1. The summed E-state index contributed by atoms with van der Waals surface area (Å²) in [5, 5.41) is 12.0. The molecule has 0 radical (unpaired) electrons. The van der Waals surface area contributed by atoms with Gasteiger partial charge in [0.1, 0.15) is 5.82 Å². The highest BCUT2D eigenvalue weighted by Crippen LogP contribution is 2.26. The minimum Gasteiger partial charge on any atom is -0.481 e. The number of hydrogen-bond donors (Lipinski definition) is 2. The molecule has 4 heteroatoms. The van der Waals surface area contributed by atoms with Crippen molar-refractivity contribution in [3.05, 3.63) is 29.6 Å².